The topological polar surface area (TPSA) is 119 Å². The second-order valence-electron chi connectivity index (χ2n) is 8.24. The van der Waals surface area contributed by atoms with Crippen molar-refractivity contribution >= 4 is 28.6 Å². The predicted octanol–water partition coefficient (Wildman–Crippen LogP) is 2.32. The predicted molar refractivity (Wildman–Crippen MR) is 158 cm³/mol. The van der Waals surface area contributed by atoms with Gasteiger partial charge in [-0.1, -0.05) is 35.4 Å². The molecule has 12 nitrogen and oxygen atoms in total. The van der Waals surface area contributed by atoms with Crippen molar-refractivity contribution in [3.63, 3.8) is 0 Å². The highest BCUT2D eigenvalue weighted by Gasteiger charge is 1.99. The lowest BCUT2D eigenvalue weighted by atomic mass is 10.2. The number of ether oxygens (including phenoxy) is 11. The molecule has 0 aliphatic rings. The Hall–Kier alpha value is -0.200. The monoisotopic (exact) mass is 696 g/mol. The van der Waals surface area contributed by atoms with Crippen LogP contribution < -0.4 is 0 Å². The summed E-state index contributed by atoms with van der Waals surface area (Å²) in [5.74, 6) is -0.404. The lowest BCUT2D eigenvalue weighted by molar-refractivity contribution is -0.146. The third-order valence-electron chi connectivity index (χ3n) is 4.97. The highest BCUT2D eigenvalue weighted by molar-refractivity contribution is 14.1. The first-order chi connectivity index (χ1) is 19.8. The van der Waals surface area contributed by atoms with E-state index in [-0.39, 0.29) is 6.61 Å². The molecule has 0 saturated heterocycles. The molecule has 0 rings (SSSR count). The van der Waals surface area contributed by atoms with Crippen LogP contribution in [0.5, 0.6) is 0 Å². The number of esters is 1. The SMILES string of the molecule is COC(=O)COCCOCCOCCOCCOCCOCCOCCOCCOCCOCCCCCCI. The molecule has 0 atom stereocenters. The maximum Gasteiger partial charge on any atom is 0.331 e. The fraction of sp³-hybridized carbons (Fsp3) is 0.963. The number of hydrogen-bond donors (Lipinski definition) is 0. The highest BCUT2D eigenvalue weighted by atomic mass is 127. The first kappa shape index (κ1) is 39.8. The van der Waals surface area contributed by atoms with E-state index in [0.29, 0.717) is 119 Å². The van der Waals surface area contributed by atoms with Crippen LogP contribution in [0.2, 0.25) is 0 Å². The van der Waals surface area contributed by atoms with E-state index < -0.39 is 5.97 Å². The highest BCUT2D eigenvalue weighted by Crippen LogP contribution is 2.02. The van der Waals surface area contributed by atoms with Crippen molar-refractivity contribution in [3.8, 4) is 0 Å². The molecule has 240 valence electrons. The van der Waals surface area contributed by atoms with Crippen molar-refractivity contribution in [1.29, 1.82) is 0 Å². The second kappa shape index (κ2) is 36.8. The molecule has 0 aromatic heterocycles. The molecular weight excluding hydrogens is 643 g/mol. The van der Waals surface area contributed by atoms with Gasteiger partial charge < -0.3 is 52.1 Å². The number of carbonyl (C=O) groups excluding carboxylic acids is 1. The molecule has 0 spiro atoms. The maximum atomic E-state index is 10.8. The van der Waals surface area contributed by atoms with Crippen LogP contribution in [0.25, 0.3) is 0 Å². The summed E-state index contributed by atoms with van der Waals surface area (Å²) in [4.78, 5) is 10.8. The average Bonchev–Trinajstić information content (AvgIpc) is 2.97. The third kappa shape index (κ3) is 35.8. The molecule has 0 radical (unpaired) electrons. The number of unbranched alkanes of at least 4 members (excludes halogenated alkanes) is 3. The van der Waals surface area contributed by atoms with E-state index in [9.17, 15) is 4.79 Å². The van der Waals surface area contributed by atoms with Crippen LogP contribution in [-0.2, 0) is 56.9 Å². The maximum absolute atomic E-state index is 10.8. The van der Waals surface area contributed by atoms with Gasteiger partial charge in [0.15, 0.2) is 0 Å². The Morgan fingerprint density at radius 1 is 0.400 bits per heavy atom. The van der Waals surface area contributed by atoms with E-state index in [1.165, 1.54) is 30.8 Å². The molecule has 40 heavy (non-hydrogen) atoms. The van der Waals surface area contributed by atoms with Gasteiger partial charge in [0.2, 0.25) is 0 Å². The Labute approximate surface area is 254 Å². The van der Waals surface area contributed by atoms with Crippen LogP contribution in [0, 0.1) is 0 Å². The quantitative estimate of drug-likeness (QED) is 0.0419. The summed E-state index contributed by atoms with van der Waals surface area (Å²) in [6, 6.07) is 0. The molecular formula is C27H53IO12. The molecule has 0 unspecified atom stereocenters. The zero-order valence-corrected chi connectivity index (χ0v) is 26.6. The molecule has 0 bridgehead atoms. The van der Waals surface area contributed by atoms with E-state index in [1.54, 1.807) is 0 Å². The normalized spacial score (nSPS) is 11.3. The van der Waals surface area contributed by atoms with Gasteiger partial charge in [0, 0.05) is 6.61 Å². The van der Waals surface area contributed by atoms with Crippen LogP contribution in [0.1, 0.15) is 25.7 Å². The number of halogens is 1. The third-order valence-corrected chi connectivity index (χ3v) is 5.73. The van der Waals surface area contributed by atoms with E-state index in [2.05, 4.69) is 27.3 Å². The zero-order valence-electron chi connectivity index (χ0n) is 24.5. The van der Waals surface area contributed by atoms with Crippen molar-refractivity contribution in [2.24, 2.45) is 0 Å². The van der Waals surface area contributed by atoms with Crippen molar-refractivity contribution in [2.75, 3.05) is 144 Å². The zero-order chi connectivity index (χ0) is 29.0. The van der Waals surface area contributed by atoms with Gasteiger partial charge in [-0.3, -0.25) is 0 Å². The molecule has 0 heterocycles. The van der Waals surface area contributed by atoms with E-state index in [0.717, 1.165) is 13.0 Å². The van der Waals surface area contributed by atoms with Gasteiger partial charge in [0.1, 0.15) is 6.61 Å². The summed E-state index contributed by atoms with van der Waals surface area (Å²) in [6.07, 6.45) is 4.97. The van der Waals surface area contributed by atoms with Crippen LogP contribution in [-0.4, -0.2) is 150 Å². The summed E-state index contributed by atoms with van der Waals surface area (Å²) >= 11 is 2.42. The van der Waals surface area contributed by atoms with Crippen LogP contribution in [0.3, 0.4) is 0 Å². The number of hydrogen-bond acceptors (Lipinski definition) is 12. The number of carbonyl (C=O) groups is 1. The fourth-order valence-corrected chi connectivity index (χ4v) is 3.39. The summed E-state index contributed by atoms with van der Waals surface area (Å²) in [6.45, 7) is 9.86. The standard InChI is InChI=1S/C27H53IO12/c1-30-27(29)26-40-25-24-39-23-22-38-21-20-37-19-18-36-17-16-35-15-14-34-13-12-33-11-10-32-9-8-31-7-5-3-2-4-6-28/h2-26H2,1H3. The van der Waals surface area contributed by atoms with E-state index in [4.69, 9.17) is 47.4 Å². The van der Waals surface area contributed by atoms with Crippen LogP contribution in [0.4, 0.5) is 0 Å². The van der Waals surface area contributed by atoms with E-state index in [1.807, 2.05) is 0 Å². The Morgan fingerprint density at radius 2 is 0.675 bits per heavy atom. The molecule has 0 aromatic rings. The Bertz CT molecular complexity index is 490. The summed E-state index contributed by atoms with van der Waals surface area (Å²) in [5, 5.41) is 0. The molecule has 0 aliphatic carbocycles. The molecule has 0 amide bonds. The van der Waals surface area contributed by atoms with Gasteiger partial charge in [-0.15, -0.1) is 0 Å². The lowest BCUT2D eigenvalue weighted by Crippen LogP contribution is -2.16. The Kier molecular flexibility index (Phi) is 36.6. The fourth-order valence-electron chi connectivity index (χ4n) is 2.85. The van der Waals surface area contributed by atoms with Crippen LogP contribution in [0.15, 0.2) is 0 Å². The molecule has 0 N–H and O–H groups in total. The summed E-state index contributed by atoms with van der Waals surface area (Å²) < 4.78 is 59.8. The van der Waals surface area contributed by atoms with Gasteiger partial charge in [-0.25, -0.2) is 4.79 Å². The average molecular weight is 697 g/mol. The number of rotatable bonds is 35. The van der Waals surface area contributed by atoms with Crippen LogP contribution >= 0.6 is 22.6 Å². The molecule has 0 aromatic carbocycles. The molecule has 13 heteroatoms. The number of alkyl halides is 1. The summed E-state index contributed by atoms with van der Waals surface area (Å²) in [5.41, 5.74) is 0. The first-order valence-electron chi connectivity index (χ1n) is 14.2. The summed E-state index contributed by atoms with van der Waals surface area (Å²) in [7, 11) is 1.32. The van der Waals surface area contributed by atoms with Crippen molar-refractivity contribution in [1.82, 2.24) is 0 Å². The Balaban J connectivity index is 3.04. The van der Waals surface area contributed by atoms with Gasteiger partial charge in [0.25, 0.3) is 0 Å². The minimum Gasteiger partial charge on any atom is -0.467 e. The minimum absolute atomic E-state index is 0.0657. The smallest absolute Gasteiger partial charge is 0.331 e. The largest absolute Gasteiger partial charge is 0.467 e. The Morgan fingerprint density at radius 3 is 0.975 bits per heavy atom. The minimum atomic E-state index is -0.404. The second-order valence-corrected chi connectivity index (χ2v) is 9.32. The molecule has 0 fully saturated rings. The number of methoxy groups -OCH3 is 1. The van der Waals surface area contributed by atoms with Crippen molar-refractivity contribution in [3.05, 3.63) is 0 Å². The van der Waals surface area contributed by atoms with Crippen molar-refractivity contribution < 1.29 is 56.9 Å². The molecule has 0 aliphatic heterocycles. The van der Waals surface area contributed by atoms with E-state index >= 15 is 0 Å². The van der Waals surface area contributed by atoms with Gasteiger partial charge in [-0.05, 0) is 17.3 Å². The lowest BCUT2D eigenvalue weighted by Gasteiger charge is -2.09. The molecule has 0 saturated carbocycles. The first-order valence-corrected chi connectivity index (χ1v) is 15.7. The van der Waals surface area contributed by atoms with Crippen molar-refractivity contribution in [2.45, 2.75) is 25.7 Å². The van der Waals surface area contributed by atoms with Gasteiger partial charge in [0.05, 0.1) is 126 Å². The van der Waals surface area contributed by atoms with Gasteiger partial charge in [-0.2, -0.15) is 0 Å². The van der Waals surface area contributed by atoms with Gasteiger partial charge >= 0.3 is 5.97 Å².